The summed E-state index contributed by atoms with van der Waals surface area (Å²) < 4.78 is 13.5. The minimum absolute atomic E-state index is 0.00985. The molecule has 1 fully saturated rings. The molecule has 1 unspecified atom stereocenters. The average Bonchev–Trinajstić information content (AvgIpc) is 3.19. The number of halogens is 1. The molecule has 5 heteroatoms. The monoisotopic (exact) mass is 332 g/mol. The molecule has 23 heavy (non-hydrogen) atoms. The third-order valence-corrected chi connectivity index (χ3v) is 4.94. The average molecular weight is 332 g/mol. The van der Waals surface area contributed by atoms with E-state index in [-0.39, 0.29) is 17.8 Å². The fourth-order valence-corrected chi connectivity index (χ4v) is 3.64. The molecule has 0 saturated carbocycles. The van der Waals surface area contributed by atoms with Gasteiger partial charge >= 0.3 is 0 Å². The molecule has 0 aliphatic carbocycles. The topological polar surface area (TPSA) is 32.3 Å². The number of nitrogens with zero attached hydrogens (tertiary/aromatic N) is 1. The number of carbonyl (C=O) groups excluding carboxylic acids is 1. The number of thiophene rings is 1. The number of carbonyl (C=O) groups is 1. The highest BCUT2D eigenvalue weighted by atomic mass is 32.1. The van der Waals surface area contributed by atoms with Crippen molar-refractivity contribution in [3.8, 4) is 0 Å². The molecule has 1 atom stereocenters. The van der Waals surface area contributed by atoms with E-state index in [4.69, 9.17) is 0 Å². The van der Waals surface area contributed by atoms with Crippen LogP contribution in [0.4, 0.5) is 4.39 Å². The summed E-state index contributed by atoms with van der Waals surface area (Å²) in [5, 5.41) is 7.34. The van der Waals surface area contributed by atoms with Crippen molar-refractivity contribution in [2.75, 3.05) is 13.1 Å². The second-order valence-corrected chi connectivity index (χ2v) is 6.79. The van der Waals surface area contributed by atoms with Crippen LogP contribution in [0.3, 0.4) is 0 Å². The highest BCUT2D eigenvalue weighted by Crippen LogP contribution is 2.16. The van der Waals surface area contributed by atoms with Crippen LogP contribution in [0.1, 0.15) is 24.0 Å². The van der Waals surface area contributed by atoms with Gasteiger partial charge in [0.25, 0.3) is 0 Å². The van der Waals surface area contributed by atoms with Crippen LogP contribution in [0, 0.1) is 5.82 Å². The van der Waals surface area contributed by atoms with Gasteiger partial charge in [-0.1, -0.05) is 18.2 Å². The number of hydrogen-bond acceptors (Lipinski definition) is 3. The first-order valence-electron chi connectivity index (χ1n) is 7.97. The standard InChI is InChI=1S/C18H21FN2OS/c19-17-4-2-1-3-15(17)5-6-18(22)20-16-7-9-21(12-16)11-14-8-10-23-13-14/h1-4,8,10,13,16H,5-7,9,11-12H2,(H,20,22). The van der Waals surface area contributed by atoms with Gasteiger partial charge in [-0.2, -0.15) is 11.3 Å². The van der Waals surface area contributed by atoms with Crippen molar-refractivity contribution >= 4 is 17.2 Å². The Morgan fingerprint density at radius 3 is 3.00 bits per heavy atom. The van der Waals surface area contributed by atoms with Gasteiger partial charge in [-0.05, 0) is 46.9 Å². The molecule has 0 radical (unpaired) electrons. The summed E-state index contributed by atoms with van der Waals surface area (Å²) in [6.07, 6.45) is 1.77. The summed E-state index contributed by atoms with van der Waals surface area (Å²) >= 11 is 1.71. The Morgan fingerprint density at radius 1 is 1.35 bits per heavy atom. The number of benzene rings is 1. The molecule has 1 aliphatic rings. The van der Waals surface area contributed by atoms with Crippen LogP contribution in [0.2, 0.25) is 0 Å². The fraction of sp³-hybridized carbons (Fsp3) is 0.389. The number of nitrogens with one attached hydrogen (secondary N) is 1. The van der Waals surface area contributed by atoms with Gasteiger partial charge in [0.1, 0.15) is 5.82 Å². The van der Waals surface area contributed by atoms with Gasteiger partial charge in [0.05, 0.1) is 0 Å². The smallest absolute Gasteiger partial charge is 0.220 e. The van der Waals surface area contributed by atoms with E-state index in [0.717, 1.165) is 26.1 Å². The summed E-state index contributed by atoms with van der Waals surface area (Å²) in [7, 11) is 0. The van der Waals surface area contributed by atoms with Gasteiger partial charge in [0.15, 0.2) is 0 Å². The van der Waals surface area contributed by atoms with Crippen LogP contribution >= 0.6 is 11.3 Å². The zero-order chi connectivity index (χ0) is 16.1. The predicted octanol–water partition coefficient (Wildman–Crippen LogP) is 3.21. The molecule has 2 heterocycles. The van der Waals surface area contributed by atoms with Crippen molar-refractivity contribution in [2.24, 2.45) is 0 Å². The number of rotatable bonds is 6. The largest absolute Gasteiger partial charge is 0.352 e. The highest BCUT2D eigenvalue weighted by Gasteiger charge is 2.23. The minimum Gasteiger partial charge on any atom is -0.352 e. The van der Waals surface area contributed by atoms with Gasteiger partial charge in [-0.15, -0.1) is 0 Å². The van der Waals surface area contributed by atoms with Gasteiger partial charge < -0.3 is 5.32 Å². The maximum absolute atomic E-state index is 13.5. The lowest BCUT2D eigenvalue weighted by atomic mass is 10.1. The summed E-state index contributed by atoms with van der Waals surface area (Å²) in [6, 6.07) is 9.00. The van der Waals surface area contributed by atoms with E-state index in [1.165, 1.54) is 11.6 Å². The van der Waals surface area contributed by atoms with Crippen LogP contribution in [-0.2, 0) is 17.8 Å². The lowest BCUT2D eigenvalue weighted by molar-refractivity contribution is -0.121. The van der Waals surface area contributed by atoms with E-state index in [9.17, 15) is 9.18 Å². The molecule has 1 aliphatic heterocycles. The molecule has 1 aromatic heterocycles. The highest BCUT2D eigenvalue weighted by molar-refractivity contribution is 7.07. The molecule has 2 aromatic rings. The molecule has 1 saturated heterocycles. The van der Waals surface area contributed by atoms with Crippen molar-refractivity contribution in [3.63, 3.8) is 0 Å². The van der Waals surface area contributed by atoms with Crippen LogP contribution in [-0.4, -0.2) is 29.9 Å². The molecule has 1 N–H and O–H groups in total. The first-order valence-corrected chi connectivity index (χ1v) is 8.91. The van der Waals surface area contributed by atoms with Crippen molar-refractivity contribution < 1.29 is 9.18 Å². The summed E-state index contributed by atoms with van der Waals surface area (Å²) in [4.78, 5) is 14.4. The number of likely N-dealkylation sites (tertiary alicyclic amines) is 1. The molecule has 1 amide bonds. The Hall–Kier alpha value is -1.72. The van der Waals surface area contributed by atoms with Crippen molar-refractivity contribution in [1.82, 2.24) is 10.2 Å². The first kappa shape index (κ1) is 16.1. The van der Waals surface area contributed by atoms with Gasteiger partial charge in [-0.3, -0.25) is 9.69 Å². The Balaban J connectivity index is 1.41. The normalized spacial score (nSPS) is 18.2. The third-order valence-electron chi connectivity index (χ3n) is 4.20. The number of hydrogen-bond donors (Lipinski definition) is 1. The number of aryl methyl sites for hydroxylation is 1. The Bertz CT molecular complexity index is 644. The van der Waals surface area contributed by atoms with Gasteiger partial charge in [0, 0.05) is 32.1 Å². The van der Waals surface area contributed by atoms with Crippen molar-refractivity contribution in [3.05, 3.63) is 58.0 Å². The molecular weight excluding hydrogens is 311 g/mol. The minimum atomic E-state index is -0.233. The van der Waals surface area contributed by atoms with E-state index in [1.807, 2.05) is 0 Å². The SMILES string of the molecule is O=C(CCc1ccccc1F)NC1CCN(Cc2ccsc2)C1. The summed E-state index contributed by atoms with van der Waals surface area (Å²) in [5.41, 5.74) is 1.94. The summed E-state index contributed by atoms with van der Waals surface area (Å²) in [6.45, 7) is 2.85. The van der Waals surface area contributed by atoms with E-state index in [2.05, 4.69) is 27.0 Å². The fourth-order valence-electron chi connectivity index (χ4n) is 2.98. The van der Waals surface area contributed by atoms with Gasteiger partial charge in [0.2, 0.25) is 5.91 Å². The molecular formula is C18H21FN2OS. The molecule has 0 spiro atoms. The Labute approximate surface area is 140 Å². The zero-order valence-electron chi connectivity index (χ0n) is 13.0. The van der Waals surface area contributed by atoms with Gasteiger partial charge in [-0.25, -0.2) is 4.39 Å². The predicted molar refractivity (Wildman–Crippen MR) is 90.9 cm³/mol. The second kappa shape index (κ2) is 7.70. The van der Waals surface area contributed by atoms with Crippen LogP contribution in [0.15, 0.2) is 41.1 Å². The van der Waals surface area contributed by atoms with Crippen LogP contribution < -0.4 is 5.32 Å². The zero-order valence-corrected chi connectivity index (χ0v) is 13.8. The van der Waals surface area contributed by atoms with Crippen LogP contribution in [0.25, 0.3) is 0 Å². The van der Waals surface area contributed by atoms with Crippen LogP contribution in [0.5, 0.6) is 0 Å². The maximum atomic E-state index is 13.5. The maximum Gasteiger partial charge on any atom is 0.220 e. The molecule has 3 nitrogen and oxygen atoms in total. The quantitative estimate of drug-likeness (QED) is 0.881. The molecule has 3 rings (SSSR count). The Morgan fingerprint density at radius 2 is 2.22 bits per heavy atom. The molecule has 122 valence electrons. The number of amides is 1. The molecule has 0 bridgehead atoms. The van der Waals surface area contributed by atoms with E-state index < -0.39 is 0 Å². The first-order chi connectivity index (χ1) is 11.2. The van der Waals surface area contributed by atoms with E-state index in [0.29, 0.717) is 18.4 Å². The van der Waals surface area contributed by atoms with E-state index in [1.54, 1.807) is 29.5 Å². The Kier molecular flexibility index (Phi) is 5.41. The second-order valence-electron chi connectivity index (χ2n) is 6.01. The van der Waals surface area contributed by atoms with E-state index >= 15 is 0 Å². The summed E-state index contributed by atoms with van der Waals surface area (Å²) in [5.74, 6) is -0.223. The lowest BCUT2D eigenvalue weighted by Crippen LogP contribution is -2.37. The van der Waals surface area contributed by atoms with Crippen molar-refractivity contribution in [1.29, 1.82) is 0 Å². The lowest BCUT2D eigenvalue weighted by Gasteiger charge is -2.16. The van der Waals surface area contributed by atoms with Crippen molar-refractivity contribution in [2.45, 2.75) is 31.8 Å². The third kappa shape index (κ3) is 4.62. The molecule has 1 aromatic carbocycles.